The van der Waals surface area contributed by atoms with Gasteiger partial charge in [0, 0.05) is 11.2 Å². The number of hydrogen-bond acceptors (Lipinski definition) is 4. The Morgan fingerprint density at radius 1 is 1.22 bits per heavy atom. The van der Waals surface area contributed by atoms with E-state index in [4.69, 9.17) is 10.2 Å². The molecule has 0 saturated heterocycles. The van der Waals surface area contributed by atoms with E-state index in [2.05, 4.69) is 29.6 Å². The summed E-state index contributed by atoms with van der Waals surface area (Å²) in [5.74, 6) is 0. The van der Waals surface area contributed by atoms with Crippen LogP contribution in [0.1, 0.15) is 5.56 Å². The minimum absolute atomic E-state index is 0.00259. The van der Waals surface area contributed by atoms with Gasteiger partial charge in [0.2, 0.25) is 0 Å². The van der Waals surface area contributed by atoms with Gasteiger partial charge in [0.25, 0.3) is 0 Å². The van der Waals surface area contributed by atoms with E-state index in [-0.39, 0.29) is 19.3 Å². The number of hydrogen-bond donors (Lipinski definition) is 2. The fourth-order valence-electron chi connectivity index (χ4n) is 2.04. The first kappa shape index (κ1) is 13.5. The molecule has 2 aromatic rings. The van der Waals surface area contributed by atoms with Gasteiger partial charge in [0.15, 0.2) is 0 Å². The van der Waals surface area contributed by atoms with E-state index >= 15 is 0 Å². The predicted octanol–water partition coefficient (Wildman–Crippen LogP) is 1.73. The molecule has 0 aliphatic heterocycles. The van der Waals surface area contributed by atoms with Gasteiger partial charge in [-0.3, -0.25) is 4.90 Å². The van der Waals surface area contributed by atoms with Crippen LogP contribution in [0, 0.1) is 0 Å². The number of nitrogens with zero attached hydrogens (tertiary/aromatic N) is 1. The van der Waals surface area contributed by atoms with Crippen LogP contribution in [-0.2, 0) is 6.42 Å². The molecule has 0 fully saturated rings. The Morgan fingerprint density at radius 2 is 1.94 bits per heavy atom. The number of aliphatic hydroxyl groups excluding tert-OH is 2. The van der Waals surface area contributed by atoms with Crippen molar-refractivity contribution in [1.82, 2.24) is 4.90 Å². The molecule has 0 radical (unpaired) electrons. The van der Waals surface area contributed by atoms with Crippen LogP contribution in [0.25, 0.3) is 10.1 Å². The van der Waals surface area contributed by atoms with E-state index in [0.29, 0.717) is 0 Å². The van der Waals surface area contributed by atoms with Crippen LogP contribution in [0.3, 0.4) is 0 Å². The van der Waals surface area contributed by atoms with Crippen molar-refractivity contribution in [2.24, 2.45) is 0 Å². The molecule has 1 aromatic heterocycles. The molecule has 2 rings (SSSR count). The number of benzene rings is 1. The summed E-state index contributed by atoms with van der Waals surface area (Å²) in [5.41, 5.74) is 1.34. The van der Waals surface area contributed by atoms with Crippen molar-refractivity contribution in [3.05, 3.63) is 35.2 Å². The molecule has 3 nitrogen and oxygen atoms in total. The molecule has 0 aliphatic rings. The standard InChI is InChI=1S/C14H19NO2S/c1-15(12(8-16)9-17)7-6-11-10-18-14-5-3-2-4-13(11)14/h2-5,10,12,16-17H,6-9H2,1H3. The second-order valence-corrected chi connectivity index (χ2v) is 5.42. The van der Waals surface area contributed by atoms with Gasteiger partial charge in [-0.2, -0.15) is 0 Å². The van der Waals surface area contributed by atoms with Crippen molar-refractivity contribution in [3.63, 3.8) is 0 Å². The molecule has 0 bridgehead atoms. The second-order valence-electron chi connectivity index (χ2n) is 4.51. The van der Waals surface area contributed by atoms with Gasteiger partial charge < -0.3 is 10.2 Å². The third-order valence-corrected chi connectivity index (χ3v) is 4.35. The highest BCUT2D eigenvalue weighted by atomic mass is 32.1. The molecular weight excluding hydrogens is 246 g/mol. The van der Waals surface area contributed by atoms with Crippen molar-refractivity contribution < 1.29 is 10.2 Å². The van der Waals surface area contributed by atoms with Gasteiger partial charge in [-0.15, -0.1) is 11.3 Å². The first-order valence-corrected chi connectivity index (χ1v) is 7.01. The van der Waals surface area contributed by atoms with Crippen LogP contribution in [0.2, 0.25) is 0 Å². The van der Waals surface area contributed by atoms with Crippen molar-refractivity contribution in [2.75, 3.05) is 26.8 Å². The Morgan fingerprint density at radius 3 is 2.67 bits per heavy atom. The monoisotopic (exact) mass is 265 g/mol. The zero-order valence-corrected chi connectivity index (χ0v) is 11.4. The maximum absolute atomic E-state index is 9.13. The van der Waals surface area contributed by atoms with E-state index in [1.165, 1.54) is 15.6 Å². The zero-order valence-electron chi connectivity index (χ0n) is 10.5. The Bertz CT molecular complexity index is 493. The normalized spacial score (nSPS) is 11.8. The number of thiophene rings is 1. The minimum Gasteiger partial charge on any atom is -0.395 e. The number of aliphatic hydroxyl groups is 2. The average Bonchev–Trinajstić information content (AvgIpc) is 2.81. The smallest absolute Gasteiger partial charge is 0.0609 e. The first-order valence-electron chi connectivity index (χ1n) is 6.13. The minimum atomic E-state index is -0.158. The fourth-order valence-corrected chi connectivity index (χ4v) is 3.04. The largest absolute Gasteiger partial charge is 0.395 e. The molecule has 18 heavy (non-hydrogen) atoms. The lowest BCUT2D eigenvalue weighted by Gasteiger charge is -2.24. The summed E-state index contributed by atoms with van der Waals surface area (Å²) in [6.07, 6.45) is 0.941. The van der Waals surface area contributed by atoms with Crippen molar-refractivity contribution in [3.8, 4) is 0 Å². The molecular formula is C14H19NO2S. The molecule has 0 spiro atoms. The Kier molecular flexibility index (Phi) is 4.72. The maximum Gasteiger partial charge on any atom is 0.0609 e. The van der Waals surface area contributed by atoms with Gasteiger partial charge in [0.05, 0.1) is 19.3 Å². The van der Waals surface area contributed by atoms with E-state index in [9.17, 15) is 0 Å². The van der Waals surface area contributed by atoms with E-state index in [0.717, 1.165) is 13.0 Å². The molecule has 0 aliphatic carbocycles. The second kappa shape index (κ2) is 6.29. The summed E-state index contributed by atoms with van der Waals surface area (Å²) < 4.78 is 1.32. The van der Waals surface area contributed by atoms with Crippen molar-refractivity contribution >= 4 is 21.4 Å². The SMILES string of the molecule is CN(CCc1csc2ccccc12)C(CO)CO. The van der Waals surface area contributed by atoms with Gasteiger partial charge >= 0.3 is 0 Å². The van der Waals surface area contributed by atoms with Crippen molar-refractivity contribution in [2.45, 2.75) is 12.5 Å². The maximum atomic E-state index is 9.13. The van der Waals surface area contributed by atoms with Crippen LogP contribution in [0.4, 0.5) is 0 Å². The Labute approximate surface area is 111 Å². The third kappa shape index (κ3) is 2.90. The van der Waals surface area contributed by atoms with Crippen LogP contribution in [0.5, 0.6) is 0 Å². The molecule has 0 unspecified atom stereocenters. The summed E-state index contributed by atoms with van der Waals surface area (Å²) >= 11 is 1.77. The van der Waals surface area contributed by atoms with E-state index in [1.807, 2.05) is 11.9 Å². The highest BCUT2D eigenvalue weighted by Crippen LogP contribution is 2.26. The van der Waals surface area contributed by atoms with Gasteiger partial charge in [-0.25, -0.2) is 0 Å². The highest BCUT2D eigenvalue weighted by Gasteiger charge is 2.13. The Hall–Kier alpha value is -0.940. The first-order chi connectivity index (χ1) is 8.76. The van der Waals surface area contributed by atoms with Gasteiger partial charge in [-0.1, -0.05) is 18.2 Å². The topological polar surface area (TPSA) is 43.7 Å². The lowest BCUT2D eigenvalue weighted by atomic mass is 10.1. The quantitative estimate of drug-likeness (QED) is 0.836. The number of fused-ring (bicyclic) bond motifs is 1. The van der Waals surface area contributed by atoms with E-state index in [1.54, 1.807) is 11.3 Å². The van der Waals surface area contributed by atoms with Crippen LogP contribution < -0.4 is 0 Å². The molecule has 0 atom stereocenters. The highest BCUT2D eigenvalue weighted by molar-refractivity contribution is 7.17. The predicted molar refractivity (Wildman–Crippen MR) is 76.1 cm³/mol. The van der Waals surface area contributed by atoms with E-state index < -0.39 is 0 Å². The lowest BCUT2D eigenvalue weighted by molar-refractivity contribution is 0.0926. The molecule has 1 heterocycles. The molecule has 2 N–H and O–H groups in total. The molecule has 4 heteroatoms. The number of rotatable bonds is 6. The fraction of sp³-hybridized carbons (Fsp3) is 0.429. The summed E-state index contributed by atoms with van der Waals surface area (Å²) in [6.45, 7) is 0.835. The molecule has 0 amide bonds. The third-order valence-electron chi connectivity index (χ3n) is 3.34. The van der Waals surface area contributed by atoms with Gasteiger partial charge in [-0.05, 0) is 35.9 Å². The van der Waals surface area contributed by atoms with Crippen LogP contribution in [0.15, 0.2) is 29.6 Å². The van der Waals surface area contributed by atoms with Crippen LogP contribution >= 0.6 is 11.3 Å². The summed E-state index contributed by atoms with van der Waals surface area (Å²) in [5, 5.41) is 21.8. The number of likely N-dealkylation sites (N-methyl/N-ethyl adjacent to an activating group) is 1. The van der Waals surface area contributed by atoms with Crippen molar-refractivity contribution in [1.29, 1.82) is 0 Å². The molecule has 1 aromatic carbocycles. The zero-order chi connectivity index (χ0) is 13.0. The average molecular weight is 265 g/mol. The lowest BCUT2D eigenvalue weighted by Crippen LogP contribution is -2.38. The Balaban J connectivity index is 2.02. The van der Waals surface area contributed by atoms with Crippen LogP contribution in [-0.4, -0.2) is 48.0 Å². The summed E-state index contributed by atoms with van der Waals surface area (Å²) in [6, 6.07) is 8.25. The summed E-state index contributed by atoms with van der Waals surface area (Å²) in [4.78, 5) is 2.01. The molecule has 98 valence electrons. The molecule has 0 saturated carbocycles. The van der Waals surface area contributed by atoms with Gasteiger partial charge in [0.1, 0.15) is 0 Å². The summed E-state index contributed by atoms with van der Waals surface area (Å²) in [7, 11) is 1.94.